The number of nitrogens with one attached hydrogen (secondary N) is 1. The Labute approximate surface area is 116 Å². The van der Waals surface area contributed by atoms with Crippen molar-refractivity contribution in [1.29, 1.82) is 0 Å². The van der Waals surface area contributed by atoms with Gasteiger partial charge in [0.2, 0.25) is 0 Å². The van der Waals surface area contributed by atoms with Crippen molar-refractivity contribution in [1.82, 2.24) is 0 Å². The van der Waals surface area contributed by atoms with E-state index in [1.165, 1.54) is 5.32 Å². The van der Waals surface area contributed by atoms with Gasteiger partial charge in [-0.25, -0.2) is 0 Å². The van der Waals surface area contributed by atoms with Crippen molar-refractivity contribution in [2.45, 2.75) is 12.5 Å². The molecule has 0 spiro atoms. The molecule has 0 fully saturated rings. The molecule has 0 aromatic heterocycles. The van der Waals surface area contributed by atoms with E-state index >= 15 is 0 Å². The molecule has 106 valence electrons. The number of ether oxygens (including phenoxy) is 1. The topological polar surface area (TPSA) is 38.3 Å². The standard InChI is InChI=1S/C9H4F6INO2/c10-8(11,12)7(18)17-6-3-4(1-2-5(6)16)19-9(13,14)15/h1-3H,(H,17,18). The second-order valence-electron chi connectivity index (χ2n) is 3.14. The first-order valence-corrected chi connectivity index (χ1v) is 5.50. The largest absolute Gasteiger partial charge is 0.573 e. The average molecular weight is 399 g/mol. The van der Waals surface area contributed by atoms with Crippen LogP contribution in [0.25, 0.3) is 0 Å². The molecule has 1 amide bonds. The first-order chi connectivity index (χ1) is 8.49. The number of anilines is 1. The number of amides is 1. The van der Waals surface area contributed by atoms with Crippen molar-refractivity contribution in [2.24, 2.45) is 0 Å². The number of rotatable bonds is 2. The highest BCUT2D eigenvalue weighted by Gasteiger charge is 2.39. The molecule has 0 aliphatic carbocycles. The lowest BCUT2D eigenvalue weighted by atomic mass is 10.3. The molecule has 1 aromatic carbocycles. The number of halogens is 7. The summed E-state index contributed by atoms with van der Waals surface area (Å²) in [5, 5.41) is 1.46. The van der Waals surface area contributed by atoms with E-state index in [0.717, 1.165) is 12.1 Å². The van der Waals surface area contributed by atoms with E-state index in [1.54, 1.807) is 22.6 Å². The molecular weight excluding hydrogens is 395 g/mol. The Morgan fingerprint density at radius 1 is 1.16 bits per heavy atom. The second kappa shape index (κ2) is 5.43. The molecule has 3 nitrogen and oxygen atoms in total. The molecule has 0 radical (unpaired) electrons. The van der Waals surface area contributed by atoms with Gasteiger partial charge in [-0.1, -0.05) is 0 Å². The summed E-state index contributed by atoms with van der Waals surface area (Å²) in [6.45, 7) is 0. The van der Waals surface area contributed by atoms with Gasteiger partial charge in [0.05, 0.1) is 5.69 Å². The van der Waals surface area contributed by atoms with Crippen molar-refractivity contribution in [3.05, 3.63) is 21.8 Å². The van der Waals surface area contributed by atoms with Crippen LogP contribution in [0.2, 0.25) is 0 Å². The molecule has 10 heteroatoms. The quantitative estimate of drug-likeness (QED) is 0.609. The smallest absolute Gasteiger partial charge is 0.406 e. The van der Waals surface area contributed by atoms with Gasteiger partial charge in [0.1, 0.15) is 5.75 Å². The Morgan fingerprint density at radius 3 is 2.21 bits per heavy atom. The molecule has 0 saturated carbocycles. The van der Waals surface area contributed by atoms with Crippen LogP contribution in [0, 0.1) is 3.57 Å². The van der Waals surface area contributed by atoms with Crippen molar-refractivity contribution < 1.29 is 35.9 Å². The van der Waals surface area contributed by atoms with E-state index in [0.29, 0.717) is 6.07 Å². The van der Waals surface area contributed by atoms with E-state index < -0.39 is 29.9 Å². The van der Waals surface area contributed by atoms with Crippen molar-refractivity contribution >= 4 is 34.2 Å². The molecule has 1 rings (SSSR count). The Balaban J connectivity index is 2.95. The predicted octanol–water partition coefficient (Wildman–Crippen LogP) is 3.69. The molecule has 0 bridgehead atoms. The third-order valence-corrected chi connectivity index (χ3v) is 2.62. The van der Waals surface area contributed by atoms with Crippen LogP contribution in [0.1, 0.15) is 0 Å². The number of benzene rings is 1. The molecule has 1 N–H and O–H groups in total. The summed E-state index contributed by atoms with van der Waals surface area (Å²) in [4.78, 5) is 10.7. The van der Waals surface area contributed by atoms with Crippen LogP contribution in [0.5, 0.6) is 5.75 Å². The van der Waals surface area contributed by atoms with Crippen LogP contribution in [-0.4, -0.2) is 18.4 Å². The first kappa shape index (κ1) is 15.9. The normalized spacial score (nSPS) is 12.2. The second-order valence-corrected chi connectivity index (χ2v) is 4.30. The number of alkyl halides is 6. The summed E-state index contributed by atoms with van der Waals surface area (Å²) in [7, 11) is 0. The molecule has 0 aliphatic heterocycles. The number of carbonyl (C=O) groups is 1. The van der Waals surface area contributed by atoms with Crippen LogP contribution >= 0.6 is 22.6 Å². The minimum Gasteiger partial charge on any atom is -0.406 e. The van der Waals surface area contributed by atoms with Gasteiger partial charge in [0, 0.05) is 9.64 Å². The summed E-state index contributed by atoms with van der Waals surface area (Å²) < 4.78 is 75.5. The SMILES string of the molecule is O=C(Nc1cc(OC(F)(F)F)ccc1I)C(F)(F)F. The highest BCUT2D eigenvalue weighted by atomic mass is 127. The van der Waals surface area contributed by atoms with E-state index in [-0.39, 0.29) is 3.57 Å². The summed E-state index contributed by atoms with van der Waals surface area (Å²) in [6.07, 6.45) is -10.1. The van der Waals surface area contributed by atoms with Gasteiger partial charge in [-0.2, -0.15) is 13.2 Å². The maximum absolute atomic E-state index is 12.0. The van der Waals surface area contributed by atoms with Crippen LogP contribution in [0.4, 0.5) is 32.0 Å². The highest BCUT2D eigenvalue weighted by molar-refractivity contribution is 14.1. The maximum Gasteiger partial charge on any atom is 0.573 e. The number of hydrogen-bond acceptors (Lipinski definition) is 2. The van der Waals surface area contributed by atoms with E-state index in [2.05, 4.69) is 4.74 Å². The third kappa shape index (κ3) is 5.12. The van der Waals surface area contributed by atoms with Crippen LogP contribution in [-0.2, 0) is 4.79 Å². The summed E-state index contributed by atoms with van der Waals surface area (Å²) in [5.74, 6) is -3.01. The summed E-state index contributed by atoms with van der Waals surface area (Å²) in [6, 6.07) is 2.64. The lowest BCUT2D eigenvalue weighted by Crippen LogP contribution is -2.30. The molecule has 0 heterocycles. The number of hydrogen-bond donors (Lipinski definition) is 1. The Morgan fingerprint density at radius 2 is 1.74 bits per heavy atom. The minimum atomic E-state index is -5.13. The van der Waals surface area contributed by atoms with Gasteiger partial charge in [-0.3, -0.25) is 4.79 Å². The highest BCUT2D eigenvalue weighted by Crippen LogP contribution is 2.29. The summed E-state index contributed by atoms with van der Waals surface area (Å²) >= 11 is 1.56. The third-order valence-electron chi connectivity index (χ3n) is 1.68. The molecule has 1 aromatic rings. The molecular formula is C9H4F6INO2. The van der Waals surface area contributed by atoms with Crippen LogP contribution in [0.15, 0.2) is 18.2 Å². The molecule has 19 heavy (non-hydrogen) atoms. The molecule has 0 aliphatic rings. The Hall–Kier alpha value is -1.20. The zero-order chi connectivity index (χ0) is 14.8. The van der Waals surface area contributed by atoms with Gasteiger partial charge >= 0.3 is 18.4 Å². The Bertz CT molecular complexity index is 485. The lowest BCUT2D eigenvalue weighted by Gasteiger charge is -2.13. The molecule has 0 saturated heterocycles. The predicted molar refractivity (Wildman–Crippen MR) is 60.5 cm³/mol. The first-order valence-electron chi connectivity index (χ1n) is 4.42. The Kier molecular flexibility index (Phi) is 4.53. The van der Waals surface area contributed by atoms with Crippen molar-refractivity contribution in [2.75, 3.05) is 5.32 Å². The average Bonchev–Trinajstić information content (AvgIpc) is 2.19. The van der Waals surface area contributed by atoms with Gasteiger partial charge in [-0.15, -0.1) is 13.2 Å². The van der Waals surface area contributed by atoms with Gasteiger partial charge in [-0.05, 0) is 34.7 Å². The van der Waals surface area contributed by atoms with E-state index in [9.17, 15) is 31.1 Å². The van der Waals surface area contributed by atoms with Gasteiger partial charge < -0.3 is 10.1 Å². The monoisotopic (exact) mass is 399 g/mol. The van der Waals surface area contributed by atoms with Gasteiger partial charge in [0.15, 0.2) is 0 Å². The lowest BCUT2D eigenvalue weighted by molar-refractivity contribution is -0.274. The van der Waals surface area contributed by atoms with Crippen LogP contribution < -0.4 is 10.1 Å². The van der Waals surface area contributed by atoms with E-state index in [1.807, 2.05) is 0 Å². The zero-order valence-electron chi connectivity index (χ0n) is 8.69. The summed E-state index contributed by atoms with van der Waals surface area (Å²) in [5.41, 5.74) is -0.426. The fourth-order valence-electron chi connectivity index (χ4n) is 0.990. The van der Waals surface area contributed by atoms with Gasteiger partial charge in [0.25, 0.3) is 0 Å². The maximum atomic E-state index is 12.0. The van der Waals surface area contributed by atoms with Crippen LogP contribution in [0.3, 0.4) is 0 Å². The fourth-order valence-corrected chi connectivity index (χ4v) is 1.46. The molecule has 0 atom stereocenters. The minimum absolute atomic E-state index is 0.129. The van der Waals surface area contributed by atoms with E-state index in [4.69, 9.17) is 0 Å². The zero-order valence-corrected chi connectivity index (χ0v) is 10.9. The number of carbonyl (C=O) groups excluding carboxylic acids is 1. The van der Waals surface area contributed by atoms with Crippen molar-refractivity contribution in [3.63, 3.8) is 0 Å². The molecule has 0 unspecified atom stereocenters. The van der Waals surface area contributed by atoms with Crippen molar-refractivity contribution in [3.8, 4) is 5.75 Å². The fraction of sp³-hybridized carbons (Fsp3) is 0.222.